The molecule has 0 aliphatic rings. The van der Waals surface area contributed by atoms with Crippen molar-refractivity contribution in [2.45, 2.75) is 20.5 Å². The van der Waals surface area contributed by atoms with Gasteiger partial charge in [-0.1, -0.05) is 6.07 Å². The van der Waals surface area contributed by atoms with Crippen molar-refractivity contribution < 1.29 is 14.6 Å². The van der Waals surface area contributed by atoms with E-state index in [1.54, 1.807) is 16.8 Å². The van der Waals surface area contributed by atoms with E-state index in [4.69, 9.17) is 9.84 Å². The molecule has 0 aliphatic carbocycles. The first kappa shape index (κ1) is 14.6. The number of halogens is 1. The van der Waals surface area contributed by atoms with E-state index in [0.717, 1.165) is 21.4 Å². The lowest BCUT2D eigenvalue weighted by Crippen LogP contribution is -2.05. The van der Waals surface area contributed by atoms with Crippen LogP contribution in [0.15, 0.2) is 22.7 Å². The number of aromatic nitrogens is 2. The van der Waals surface area contributed by atoms with Crippen molar-refractivity contribution in [3.63, 3.8) is 0 Å². The normalized spacial score (nSPS) is 10.6. The van der Waals surface area contributed by atoms with Crippen LogP contribution in [0.1, 0.15) is 27.3 Å². The fourth-order valence-corrected chi connectivity index (χ4v) is 2.32. The maximum atomic E-state index is 11.0. The summed E-state index contributed by atoms with van der Waals surface area (Å²) in [7, 11) is 1.84. The Morgan fingerprint density at radius 3 is 2.70 bits per heavy atom. The van der Waals surface area contributed by atoms with Crippen molar-refractivity contribution in [3.05, 3.63) is 45.2 Å². The van der Waals surface area contributed by atoms with E-state index in [-0.39, 0.29) is 5.56 Å². The summed E-state index contributed by atoms with van der Waals surface area (Å²) in [5.41, 5.74) is 2.90. The molecule has 5 nitrogen and oxygen atoms in total. The number of hydrogen-bond acceptors (Lipinski definition) is 3. The van der Waals surface area contributed by atoms with E-state index in [2.05, 4.69) is 21.0 Å². The number of aryl methyl sites for hydroxylation is 3. The number of benzene rings is 1. The van der Waals surface area contributed by atoms with E-state index >= 15 is 0 Å². The summed E-state index contributed by atoms with van der Waals surface area (Å²) in [5.74, 6) is -0.400. The summed E-state index contributed by atoms with van der Waals surface area (Å²) in [4.78, 5) is 11.0. The summed E-state index contributed by atoms with van der Waals surface area (Å²) in [6.45, 7) is 4.11. The van der Waals surface area contributed by atoms with Crippen LogP contribution in [0.4, 0.5) is 0 Å². The van der Waals surface area contributed by atoms with E-state index in [0.29, 0.717) is 12.4 Å². The number of hydrogen-bond donors (Lipinski definition) is 1. The van der Waals surface area contributed by atoms with Crippen LogP contribution in [0.5, 0.6) is 5.75 Å². The van der Waals surface area contributed by atoms with E-state index < -0.39 is 5.97 Å². The molecule has 0 unspecified atom stereocenters. The minimum Gasteiger partial charge on any atom is -0.487 e. The van der Waals surface area contributed by atoms with Gasteiger partial charge in [-0.05, 0) is 47.5 Å². The van der Waals surface area contributed by atoms with Gasteiger partial charge in [-0.25, -0.2) is 4.79 Å². The molecule has 6 heteroatoms. The van der Waals surface area contributed by atoms with Crippen LogP contribution in [0.3, 0.4) is 0 Å². The molecule has 2 rings (SSSR count). The van der Waals surface area contributed by atoms with Gasteiger partial charge in [-0.3, -0.25) is 4.68 Å². The second-order valence-electron chi connectivity index (χ2n) is 4.54. The highest BCUT2D eigenvalue weighted by atomic mass is 79.9. The molecule has 1 heterocycles. The van der Waals surface area contributed by atoms with Crippen LogP contribution in [-0.2, 0) is 13.7 Å². The summed E-state index contributed by atoms with van der Waals surface area (Å²) in [6, 6.07) is 4.84. The first-order valence-electron chi connectivity index (χ1n) is 6.05. The molecule has 2 aromatic rings. The summed E-state index contributed by atoms with van der Waals surface area (Å²) in [6.07, 6.45) is 0. The molecular weight excluding hydrogens is 324 g/mol. The van der Waals surface area contributed by atoms with E-state index in [9.17, 15) is 4.79 Å². The highest BCUT2D eigenvalue weighted by Gasteiger charge is 2.13. The molecule has 1 aromatic heterocycles. The zero-order chi connectivity index (χ0) is 14.9. The third kappa shape index (κ3) is 2.85. The standard InChI is InChI=1S/C14H15BrN2O3/c1-8-4-5-10(14(18)19)6-12(8)20-7-11-13(15)9(2)16-17(11)3/h4-6H,7H2,1-3H3,(H,18,19). The van der Waals surface area contributed by atoms with Gasteiger partial charge in [0, 0.05) is 7.05 Å². The molecule has 0 aliphatic heterocycles. The molecule has 0 fully saturated rings. The zero-order valence-corrected chi connectivity index (χ0v) is 13.1. The van der Waals surface area contributed by atoms with Gasteiger partial charge in [0.2, 0.25) is 0 Å². The highest BCUT2D eigenvalue weighted by Crippen LogP contribution is 2.24. The highest BCUT2D eigenvalue weighted by molar-refractivity contribution is 9.10. The average molecular weight is 339 g/mol. The van der Waals surface area contributed by atoms with Crippen LogP contribution in [-0.4, -0.2) is 20.9 Å². The second-order valence-corrected chi connectivity index (χ2v) is 5.34. The summed E-state index contributed by atoms with van der Waals surface area (Å²) < 4.78 is 8.39. The third-order valence-corrected chi connectivity index (χ3v) is 4.09. The van der Waals surface area contributed by atoms with Crippen molar-refractivity contribution in [3.8, 4) is 5.75 Å². The zero-order valence-electron chi connectivity index (χ0n) is 11.5. The Kier molecular flexibility index (Phi) is 4.13. The van der Waals surface area contributed by atoms with Gasteiger partial charge < -0.3 is 9.84 Å². The molecule has 1 N–H and O–H groups in total. The second kappa shape index (κ2) is 5.66. The number of rotatable bonds is 4. The molecular formula is C14H15BrN2O3. The van der Waals surface area contributed by atoms with Crippen molar-refractivity contribution in [1.29, 1.82) is 0 Å². The predicted molar refractivity (Wildman–Crippen MR) is 78.1 cm³/mol. The SMILES string of the molecule is Cc1ccc(C(=O)O)cc1OCc1c(Br)c(C)nn1C. The summed E-state index contributed by atoms with van der Waals surface area (Å²) >= 11 is 3.47. The molecule has 0 amide bonds. The lowest BCUT2D eigenvalue weighted by molar-refractivity contribution is 0.0696. The molecule has 0 saturated carbocycles. The van der Waals surface area contributed by atoms with Crippen molar-refractivity contribution in [2.24, 2.45) is 7.05 Å². The van der Waals surface area contributed by atoms with Crippen molar-refractivity contribution >= 4 is 21.9 Å². The smallest absolute Gasteiger partial charge is 0.335 e. The first-order chi connectivity index (χ1) is 9.40. The van der Waals surface area contributed by atoms with Gasteiger partial charge in [-0.15, -0.1) is 0 Å². The van der Waals surface area contributed by atoms with Crippen LogP contribution >= 0.6 is 15.9 Å². The molecule has 0 radical (unpaired) electrons. The topological polar surface area (TPSA) is 64.3 Å². The Bertz CT molecular complexity index is 665. The Balaban J connectivity index is 2.22. The Labute approximate surface area is 125 Å². The van der Waals surface area contributed by atoms with Crippen LogP contribution in [0, 0.1) is 13.8 Å². The minimum absolute atomic E-state index is 0.214. The quantitative estimate of drug-likeness (QED) is 0.930. The Hall–Kier alpha value is -1.82. The summed E-state index contributed by atoms with van der Waals surface area (Å²) in [5, 5.41) is 13.3. The van der Waals surface area contributed by atoms with E-state index in [1.807, 2.05) is 20.9 Å². The lowest BCUT2D eigenvalue weighted by Gasteiger charge is -2.10. The fraction of sp³-hybridized carbons (Fsp3) is 0.286. The van der Waals surface area contributed by atoms with Gasteiger partial charge >= 0.3 is 5.97 Å². The van der Waals surface area contributed by atoms with Gasteiger partial charge in [0.05, 0.1) is 21.4 Å². The third-order valence-electron chi connectivity index (χ3n) is 3.06. The Morgan fingerprint density at radius 2 is 2.15 bits per heavy atom. The van der Waals surface area contributed by atoms with E-state index in [1.165, 1.54) is 6.07 Å². The number of carbonyl (C=O) groups is 1. The van der Waals surface area contributed by atoms with Gasteiger partial charge in [0.15, 0.2) is 0 Å². The fourth-order valence-electron chi connectivity index (χ4n) is 1.87. The Morgan fingerprint density at radius 1 is 1.45 bits per heavy atom. The van der Waals surface area contributed by atoms with Gasteiger partial charge in [0.1, 0.15) is 12.4 Å². The molecule has 0 bridgehead atoms. The molecule has 0 atom stereocenters. The predicted octanol–water partition coefficient (Wildman–Crippen LogP) is 3.08. The lowest BCUT2D eigenvalue weighted by atomic mass is 10.1. The number of ether oxygens (including phenoxy) is 1. The van der Waals surface area contributed by atoms with Gasteiger partial charge in [0.25, 0.3) is 0 Å². The molecule has 0 spiro atoms. The molecule has 20 heavy (non-hydrogen) atoms. The monoisotopic (exact) mass is 338 g/mol. The van der Waals surface area contributed by atoms with Crippen LogP contribution < -0.4 is 4.74 Å². The number of carboxylic acid groups (broad SMARTS) is 1. The van der Waals surface area contributed by atoms with Gasteiger partial charge in [-0.2, -0.15) is 5.10 Å². The minimum atomic E-state index is -0.965. The average Bonchev–Trinajstić information content (AvgIpc) is 2.63. The number of aromatic carboxylic acids is 1. The largest absolute Gasteiger partial charge is 0.487 e. The van der Waals surface area contributed by atoms with Crippen molar-refractivity contribution in [2.75, 3.05) is 0 Å². The van der Waals surface area contributed by atoms with Crippen molar-refractivity contribution in [1.82, 2.24) is 9.78 Å². The van der Waals surface area contributed by atoms with Crippen LogP contribution in [0.25, 0.3) is 0 Å². The van der Waals surface area contributed by atoms with Crippen LogP contribution in [0.2, 0.25) is 0 Å². The molecule has 0 saturated heterocycles. The molecule has 1 aromatic carbocycles. The first-order valence-corrected chi connectivity index (χ1v) is 6.84. The maximum Gasteiger partial charge on any atom is 0.335 e. The maximum absolute atomic E-state index is 11.0. The number of nitrogens with zero attached hydrogens (tertiary/aromatic N) is 2. The molecule has 106 valence electrons. The number of carboxylic acids is 1.